The average Bonchev–Trinajstić information content (AvgIpc) is 3.45. The van der Waals surface area contributed by atoms with Gasteiger partial charge in [0, 0.05) is 6.61 Å². The molecule has 8 heteroatoms. The van der Waals surface area contributed by atoms with Gasteiger partial charge in [0.05, 0.1) is 31.6 Å². The fraction of sp³-hybridized carbons (Fsp3) is 0.364. The van der Waals surface area contributed by atoms with Crippen LogP contribution in [-0.4, -0.2) is 51.0 Å². The Balaban J connectivity index is 1.58. The third kappa shape index (κ3) is 4.34. The molecule has 1 amide bonds. The van der Waals surface area contributed by atoms with Crippen LogP contribution in [0.4, 0.5) is 5.13 Å². The number of hydrogen-bond donors (Lipinski definition) is 0. The van der Waals surface area contributed by atoms with Gasteiger partial charge < -0.3 is 18.9 Å². The third-order valence-electron chi connectivity index (χ3n) is 4.95. The van der Waals surface area contributed by atoms with E-state index in [2.05, 4.69) is 0 Å². The second-order valence-corrected chi connectivity index (χ2v) is 7.89. The molecule has 0 spiro atoms. The van der Waals surface area contributed by atoms with Crippen LogP contribution in [0.5, 0.6) is 17.2 Å². The molecule has 7 nitrogen and oxygen atoms in total. The van der Waals surface area contributed by atoms with Crippen LogP contribution in [0, 0.1) is 0 Å². The van der Waals surface area contributed by atoms with Gasteiger partial charge in [-0.3, -0.25) is 9.69 Å². The molecule has 0 bridgehead atoms. The van der Waals surface area contributed by atoms with Gasteiger partial charge in [-0.1, -0.05) is 29.5 Å². The van der Waals surface area contributed by atoms with Crippen molar-refractivity contribution in [3.05, 3.63) is 42.5 Å². The third-order valence-corrected chi connectivity index (χ3v) is 6.00. The van der Waals surface area contributed by atoms with Crippen LogP contribution in [0.15, 0.2) is 42.5 Å². The number of rotatable bonds is 8. The number of ether oxygens (including phenoxy) is 4. The van der Waals surface area contributed by atoms with E-state index in [9.17, 15) is 4.79 Å². The molecule has 1 aliphatic rings. The second-order valence-electron chi connectivity index (χ2n) is 6.88. The van der Waals surface area contributed by atoms with E-state index in [-0.39, 0.29) is 18.6 Å². The van der Waals surface area contributed by atoms with Crippen LogP contribution < -0.4 is 19.1 Å². The fourth-order valence-electron chi connectivity index (χ4n) is 3.43. The molecule has 0 aliphatic carbocycles. The highest BCUT2D eigenvalue weighted by Gasteiger charge is 2.27. The first kappa shape index (κ1) is 20.4. The molecule has 0 saturated carbocycles. The molecule has 1 atom stereocenters. The molecule has 1 aromatic heterocycles. The van der Waals surface area contributed by atoms with E-state index >= 15 is 0 Å². The molecule has 0 radical (unpaired) electrons. The van der Waals surface area contributed by atoms with Crippen LogP contribution in [0.25, 0.3) is 10.2 Å². The maximum Gasteiger partial charge on any atom is 0.266 e. The predicted molar refractivity (Wildman–Crippen MR) is 116 cm³/mol. The smallest absolute Gasteiger partial charge is 0.266 e. The minimum absolute atomic E-state index is 0.00545. The van der Waals surface area contributed by atoms with Crippen molar-refractivity contribution in [2.75, 3.05) is 38.9 Å². The molecule has 1 saturated heterocycles. The Kier molecular flexibility index (Phi) is 6.35. The lowest BCUT2D eigenvalue weighted by Gasteiger charge is -2.23. The minimum Gasteiger partial charge on any atom is -0.494 e. The highest BCUT2D eigenvalue weighted by molar-refractivity contribution is 7.22. The number of carbonyl (C=O) groups excluding carboxylic acids is 1. The van der Waals surface area contributed by atoms with Crippen molar-refractivity contribution in [1.29, 1.82) is 0 Å². The van der Waals surface area contributed by atoms with Crippen molar-refractivity contribution >= 4 is 32.6 Å². The highest BCUT2D eigenvalue weighted by Crippen LogP contribution is 2.35. The summed E-state index contributed by atoms with van der Waals surface area (Å²) in [5, 5.41) is 0.610. The van der Waals surface area contributed by atoms with Crippen molar-refractivity contribution in [2.45, 2.75) is 18.9 Å². The number of benzene rings is 2. The predicted octanol–water partition coefficient (Wildman–Crippen LogP) is 3.90. The number of thiazole rings is 1. The Morgan fingerprint density at radius 3 is 2.63 bits per heavy atom. The largest absolute Gasteiger partial charge is 0.494 e. The van der Waals surface area contributed by atoms with Gasteiger partial charge in [-0.25, -0.2) is 4.98 Å². The molecule has 4 rings (SSSR count). The average molecular weight is 429 g/mol. The van der Waals surface area contributed by atoms with E-state index in [1.807, 2.05) is 30.3 Å². The fourth-order valence-corrected chi connectivity index (χ4v) is 4.44. The first-order valence-corrected chi connectivity index (χ1v) is 10.6. The van der Waals surface area contributed by atoms with Crippen LogP contribution in [0.1, 0.15) is 12.8 Å². The number of aromatic nitrogens is 1. The van der Waals surface area contributed by atoms with Crippen LogP contribution in [0.3, 0.4) is 0 Å². The lowest BCUT2D eigenvalue weighted by Crippen LogP contribution is -2.40. The number of para-hydroxylation sites is 3. The summed E-state index contributed by atoms with van der Waals surface area (Å²) in [7, 11) is 3.19. The minimum atomic E-state index is -0.186. The van der Waals surface area contributed by atoms with E-state index < -0.39 is 0 Å². The first-order valence-electron chi connectivity index (χ1n) is 9.81. The van der Waals surface area contributed by atoms with Gasteiger partial charge >= 0.3 is 0 Å². The van der Waals surface area contributed by atoms with Gasteiger partial charge in [0.25, 0.3) is 5.91 Å². The summed E-state index contributed by atoms with van der Waals surface area (Å²) in [6.45, 7) is 1.04. The summed E-state index contributed by atoms with van der Waals surface area (Å²) >= 11 is 1.45. The molecule has 1 aliphatic heterocycles. The van der Waals surface area contributed by atoms with E-state index in [0.717, 1.165) is 29.7 Å². The van der Waals surface area contributed by atoms with Gasteiger partial charge in [0.2, 0.25) is 0 Å². The SMILES string of the molecule is COc1ccccc1OCC(=O)N(CC1CCCO1)c1nc2c(OC)cccc2s1. The normalized spacial score (nSPS) is 15.9. The molecular formula is C22H24N2O5S. The summed E-state index contributed by atoms with van der Waals surface area (Å²) in [5.41, 5.74) is 0.746. The summed E-state index contributed by atoms with van der Waals surface area (Å²) in [6, 6.07) is 13.0. The van der Waals surface area contributed by atoms with Gasteiger partial charge in [-0.2, -0.15) is 0 Å². The van der Waals surface area contributed by atoms with E-state index in [0.29, 0.717) is 28.9 Å². The number of methoxy groups -OCH3 is 2. The Labute approximate surface area is 179 Å². The first-order chi connectivity index (χ1) is 14.7. The van der Waals surface area contributed by atoms with Gasteiger partial charge in [-0.15, -0.1) is 0 Å². The van der Waals surface area contributed by atoms with Crippen molar-refractivity contribution in [2.24, 2.45) is 0 Å². The number of nitrogens with zero attached hydrogens (tertiary/aromatic N) is 2. The summed E-state index contributed by atoms with van der Waals surface area (Å²) in [6.07, 6.45) is 1.91. The van der Waals surface area contributed by atoms with Crippen LogP contribution >= 0.6 is 11.3 Å². The van der Waals surface area contributed by atoms with Crippen molar-refractivity contribution < 1.29 is 23.7 Å². The second kappa shape index (κ2) is 9.32. The molecule has 30 heavy (non-hydrogen) atoms. The Morgan fingerprint density at radius 2 is 1.90 bits per heavy atom. The van der Waals surface area contributed by atoms with E-state index in [4.69, 9.17) is 23.9 Å². The summed E-state index contributed by atoms with van der Waals surface area (Å²) in [4.78, 5) is 19.5. The molecule has 2 aromatic carbocycles. The number of fused-ring (bicyclic) bond motifs is 1. The number of anilines is 1. The van der Waals surface area contributed by atoms with Gasteiger partial charge in [-0.05, 0) is 37.1 Å². The zero-order valence-electron chi connectivity index (χ0n) is 17.0. The monoisotopic (exact) mass is 428 g/mol. The van der Waals surface area contributed by atoms with Crippen LogP contribution in [0.2, 0.25) is 0 Å². The maximum absolute atomic E-state index is 13.2. The quantitative estimate of drug-likeness (QED) is 0.542. The van der Waals surface area contributed by atoms with Crippen molar-refractivity contribution in [1.82, 2.24) is 4.98 Å². The van der Waals surface area contributed by atoms with E-state index in [1.165, 1.54) is 11.3 Å². The summed E-state index contributed by atoms with van der Waals surface area (Å²) in [5.74, 6) is 1.61. The number of hydrogen-bond acceptors (Lipinski definition) is 7. The maximum atomic E-state index is 13.2. The Hall–Kier alpha value is -2.84. The van der Waals surface area contributed by atoms with Crippen molar-refractivity contribution in [3.63, 3.8) is 0 Å². The molecule has 2 heterocycles. The van der Waals surface area contributed by atoms with Crippen LogP contribution in [-0.2, 0) is 9.53 Å². The number of amides is 1. The lowest BCUT2D eigenvalue weighted by atomic mass is 10.2. The molecule has 1 unspecified atom stereocenters. The standard InChI is InChI=1S/C22H24N2O5S/c1-26-16-8-3-4-9-17(16)29-14-20(25)24(13-15-7-6-12-28-15)22-23-21-18(27-2)10-5-11-19(21)30-22/h3-5,8-11,15H,6-7,12-14H2,1-2H3. The molecular weight excluding hydrogens is 404 g/mol. The molecule has 3 aromatic rings. The van der Waals surface area contributed by atoms with Gasteiger partial charge in [0.1, 0.15) is 11.3 Å². The number of carbonyl (C=O) groups is 1. The summed E-state index contributed by atoms with van der Waals surface area (Å²) < 4.78 is 23.2. The zero-order valence-corrected chi connectivity index (χ0v) is 17.8. The molecule has 1 fully saturated rings. The Bertz CT molecular complexity index is 1020. The van der Waals surface area contributed by atoms with Gasteiger partial charge in [0.15, 0.2) is 23.2 Å². The molecule has 158 valence electrons. The molecule has 0 N–H and O–H groups in total. The lowest BCUT2D eigenvalue weighted by molar-refractivity contribution is -0.121. The van der Waals surface area contributed by atoms with E-state index in [1.54, 1.807) is 31.3 Å². The van der Waals surface area contributed by atoms with Crippen molar-refractivity contribution in [3.8, 4) is 17.2 Å². The zero-order chi connectivity index (χ0) is 20.9. The Morgan fingerprint density at radius 1 is 1.13 bits per heavy atom. The highest BCUT2D eigenvalue weighted by atomic mass is 32.1. The topological polar surface area (TPSA) is 70.1 Å².